The third kappa shape index (κ3) is 9.92. The first-order chi connectivity index (χ1) is 38.7. The van der Waals surface area contributed by atoms with E-state index >= 15 is 0 Å². The molecule has 7 heteroatoms. The maximum atomic E-state index is 4.67. The Balaban J connectivity index is 0.000000118. The molecule has 372 valence electrons. The van der Waals surface area contributed by atoms with Crippen molar-refractivity contribution in [3.05, 3.63) is 292 Å². The molecule has 6 heterocycles. The van der Waals surface area contributed by atoms with E-state index in [9.17, 15) is 0 Å². The quantitative estimate of drug-likeness (QED) is 0.122. The third-order valence-corrected chi connectivity index (χ3v) is 14.4. The summed E-state index contributed by atoms with van der Waals surface area (Å²) in [5.74, 6) is 0. The van der Waals surface area contributed by atoms with Crippen LogP contribution in [0.2, 0.25) is 0 Å². The fourth-order valence-corrected chi connectivity index (χ4v) is 10.7. The maximum Gasteiger partial charge on any atom is 2.00 e. The molecule has 15 aromatic rings. The number of hydrogen-bond acceptors (Lipinski definition) is 6. The predicted octanol–water partition coefficient (Wildman–Crippen LogP) is 18.3. The topological polar surface area (TPSA) is 77.3 Å². The van der Waals surface area contributed by atoms with Crippen LogP contribution in [0.4, 0.5) is 0 Å². The van der Waals surface area contributed by atoms with Crippen molar-refractivity contribution in [3.8, 4) is 66.8 Å². The van der Waals surface area contributed by atoms with E-state index in [4.69, 9.17) is 0 Å². The van der Waals surface area contributed by atoms with Gasteiger partial charge in [-0.2, -0.15) is 0 Å². The van der Waals surface area contributed by atoms with Crippen LogP contribution in [0.25, 0.3) is 132 Å². The Bertz CT molecular complexity index is 3820. The summed E-state index contributed by atoms with van der Waals surface area (Å²) in [5.41, 5.74) is 19.9. The number of nitrogens with zero attached hydrogens (tertiary/aromatic N) is 6. The number of hydrogen-bond donors (Lipinski definition) is 0. The van der Waals surface area contributed by atoms with Gasteiger partial charge in [-0.3, -0.25) is 29.9 Å². The number of fused-ring (bicyclic) bond motifs is 9. The van der Waals surface area contributed by atoms with Gasteiger partial charge in [0.05, 0.1) is 33.1 Å². The van der Waals surface area contributed by atoms with Crippen LogP contribution >= 0.6 is 0 Å². The number of aromatic nitrogens is 6. The van der Waals surface area contributed by atoms with E-state index in [-0.39, 0.29) is 19.5 Å². The molecule has 0 spiro atoms. The first-order valence-corrected chi connectivity index (χ1v) is 26.1. The molecule has 79 heavy (non-hydrogen) atoms. The molecule has 6 nitrogen and oxygen atoms in total. The molecule has 0 saturated carbocycles. The van der Waals surface area contributed by atoms with E-state index in [1.54, 1.807) is 0 Å². The van der Waals surface area contributed by atoms with E-state index in [0.29, 0.717) is 0 Å². The minimum absolute atomic E-state index is 0. The summed E-state index contributed by atoms with van der Waals surface area (Å²) in [7, 11) is 0. The maximum absolute atomic E-state index is 4.67. The van der Waals surface area contributed by atoms with Crippen LogP contribution in [-0.2, 0) is 19.5 Å². The fraction of sp³-hybridized carbons (Fsp3) is 0. The van der Waals surface area contributed by atoms with Crippen LogP contribution in [0.1, 0.15) is 0 Å². The fourth-order valence-electron chi connectivity index (χ4n) is 10.7. The van der Waals surface area contributed by atoms with Gasteiger partial charge in [0.25, 0.3) is 0 Å². The van der Waals surface area contributed by atoms with Gasteiger partial charge in [-0.15, -0.1) is 0 Å². The van der Waals surface area contributed by atoms with Crippen LogP contribution in [0, 0.1) is 0 Å². The van der Waals surface area contributed by atoms with E-state index in [1.807, 2.05) is 73.6 Å². The number of pyridine rings is 6. The summed E-state index contributed by atoms with van der Waals surface area (Å²) in [5, 5.41) is 6.77. The van der Waals surface area contributed by atoms with Crippen molar-refractivity contribution in [3.63, 3.8) is 0 Å². The summed E-state index contributed by atoms with van der Waals surface area (Å²) < 4.78 is 0. The van der Waals surface area contributed by atoms with Crippen molar-refractivity contribution in [2.75, 3.05) is 0 Å². The standard InChI is InChI=1S/3C24H16N2.Ru/c3*1-3-7-17(8-4-1)19-13-15-25-23-21(19)11-12-22-20(14-16-26-24(22)23)18-9-5-2-6-10-18;/h3*1-16H;/q;;;+2. The van der Waals surface area contributed by atoms with Crippen molar-refractivity contribution in [1.29, 1.82) is 0 Å². The molecule has 0 saturated heterocycles. The molecule has 0 aliphatic carbocycles. The zero-order chi connectivity index (χ0) is 52.0. The molecule has 0 atom stereocenters. The summed E-state index contributed by atoms with van der Waals surface area (Å²) in [4.78, 5) is 28.0. The van der Waals surface area contributed by atoms with Crippen molar-refractivity contribution in [2.24, 2.45) is 0 Å². The molecule has 15 rings (SSSR count). The van der Waals surface area contributed by atoms with Gasteiger partial charge in [0, 0.05) is 69.5 Å². The molecule has 6 aromatic heterocycles. The van der Waals surface area contributed by atoms with E-state index in [0.717, 1.165) is 65.4 Å². The van der Waals surface area contributed by atoms with Crippen molar-refractivity contribution >= 4 is 65.4 Å². The molecule has 0 amide bonds. The first kappa shape index (κ1) is 49.9. The van der Waals surface area contributed by atoms with Gasteiger partial charge in [0.15, 0.2) is 0 Å². The normalized spacial score (nSPS) is 10.9. The smallest absolute Gasteiger partial charge is 0.254 e. The molecule has 0 fully saturated rings. The molecule has 0 radical (unpaired) electrons. The van der Waals surface area contributed by atoms with Gasteiger partial charge in [0.2, 0.25) is 0 Å². The number of benzene rings is 9. The van der Waals surface area contributed by atoms with E-state index < -0.39 is 0 Å². The minimum atomic E-state index is 0. The van der Waals surface area contributed by atoms with Crippen LogP contribution in [0.3, 0.4) is 0 Å². The van der Waals surface area contributed by atoms with Crippen molar-refractivity contribution in [2.45, 2.75) is 0 Å². The molecule has 0 bridgehead atoms. The van der Waals surface area contributed by atoms with E-state index in [1.165, 1.54) is 66.8 Å². The largest absolute Gasteiger partial charge is 2.00 e. The summed E-state index contributed by atoms with van der Waals surface area (Å²) in [6.07, 6.45) is 11.3. The minimum Gasteiger partial charge on any atom is -0.254 e. The van der Waals surface area contributed by atoms with Gasteiger partial charge in [-0.25, -0.2) is 0 Å². The second-order valence-corrected chi connectivity index (χ2v) is 18.9. The predicted molar refractivity (Wildman–Crippen MR) is 324 cm³/mol. The van der Waals surface area contributed by atoms with Gasteiger partial charge in [-0.1, -0.05) is 218 Å². The second kappa shape index (κ2) is 22.7. The zero-order valence-electron chi connectivity index (χ0n) is 42.7. The van der Waals surface area contributed by atoms with Crippen LogP contribution in [0.15, 0.2) is 292 Å². The van der Waals surface area contributed by atoms with Crippen molar-refractivity contribution in [1.82, 2.24) is 29.9 Å². The van der Waals surface area contributed by atoms with Gasteiger partial charge >= 0.3 is 19.5 Å². The molecule has 0 aliphatic heterocycles. The van der Waals surface area contributed by atoms with Crippen LogP contribution in [0.5, 0.6) is 0 Å². The Morgan fingerprint density at radius 2 is 0.291 bits per heavy atom. The van der Waals surface area contributed by atoms with Crippen molar-refractivity contribution < 1.29 is 19.5 Å². The molecule has 0 N–H and O–H groups in total. The molecular formula is C72H48N6Ru+2. The van der Waals surface area contributed by atoms with Crippen LogP contribution in [-0.4, -0.2) is 29.9 Å². The zero-order valence-corrected chi connectivity index (χ0v) is 44.5. The Labute approximate surface area is 470 Å². The average Bonchev–Trinajstić information content (AvgIpc) is 3.63. The Morgan fingerprint density at radius 1 is 0.152 bits per heavy atom. The SMILES string of the molecule is [Ru+2].c1ccc(-c2ccnc3c2ccc2c(-c4ccccc4)ccnc23)cc1.c1ccc(-c2ccnc3c2ccc2c(-c4ccccc4)ccnc23)cc1.c1ccc(-c2ccnc3c2ccc2c(-c4ccccc4)ccnc23)cc1. The summed E-state index contributed by atoms with van der Waals surface area (Å²) in [6.45, 7) is 0. The van der Waals surface area contributed by atoms with Gasteiger partial charge < -0.3 is 0 Å². The molecule has 9 aromatic carbocycles. The second-order valence-electron chi connectivity index (χ2n) is 18.9. The first-order valence-electron chi connectivity index (χ1n) is 26.1. The van der Waals surface area contributed by atoms with Gasteiger partial charge in [0.1, 0.15) is 0 Å². The van der Waals surface area contributed by atoms with E-state index in [2.05, 4.69) is 248 Å². The Hall–Kier alpha value is -9.94. The van der Waals surface area contributed by atoms with Crippen LogP contribution < -0.4 is 0 Å². The summed E-state index contributed by atoms with van der Waals surface area (Å²) in [6, 6.07) is 88.0. The monoisotopic (exact) mass is 1100 g/mol. The molecule has 0 unspecified atom stereocenters. The van der Waals surface area contributed by atoms with Gasteiger partial charge in [-0.05, 0) is 103 Å². The third-order valence-electron chi connectivity index (χ3n) is 14.4. The Morgan fingerprint density at radius 3 is 0.430 bits per heavy atom. The average molecular weight is 1100 g/mol. The Kier molecular flexibility index (Phi) is 14.4. The molecular weight excluding hydrogens is 1050 g/mol. The molecule has 0 aliphatic rings. The number of rotatable bonds is 6. The summed E-state index contributed by atoms with van der Waals surface area (Å²) >= 11 is 0.